The molecule has 1 aliphatic heterocycles. The number of hydrogen-bond donors (Lipinski definition) is 1. The number of piperazine rings is 1. The van der Waals surface area contributed by atoms with E-state index in [1.807, 2.05) is 4.90 Å². The predicted octanol–water partition coefficient (Wildman–Crippen LogP) is 1.87. The third-order valence-electron chi connectivity index (χ3n) is 3.95. The fraction of sp³-hybridized carbons (Fsp3) is 0.588. The summed E-state index contributed by atoms with van der Waals surface area (Å²) in [6.07, 6.45) is -3.26. The van der Waals surface area contributed by atoms with Gasteiger partial charge < -0.3 is 24.6 Å². The molecule has 2 heterocycles. The van der Waals surface area contributed by atoms with Gasteiger partial charge in [-0.15, -0.1) is 0 Å². The minimum atomic E-state index is -4.40. The number of rotatable bonds is 5. The normalized spacial score (nSPS) is 15.4. The number of ether oxygens (including phenoxy) is 2. The summed E-state index contributed by atoms with van der Waals surface area (Å²) in [6, 6.07) is 3.03. The van der Waals surface area contributed by atoms with E-state index in [0.29, 0.717) is 45.3 Å². The Bertz CT molecular complexity index is 659. The first-order valence-corrected chi connectivity index (χ1v) is 8.84. The van der Waals surface area contributed by atoms with E-state index in [4.69, 9.17) is 4.74 Å². The van der Waals surface area contributed by atoms with Gasteiger partial charge >= 0.3 is 12.3 Å². The van der Waals surface area contributed by atoms with Gasteiger partial charge in [0.15, 0.2) is 12.6 Å². The van der Waals surface area contributed by atoms with Crippen molar-refractivity contribution >= 4 is 12.1 Å². The number of alkyl halides is 3. The zero-order chi connectivity index (χ0) is 20.6. The second-order valence-corrected chi connectivity index (χ2v) is 5.98. The molecule has 0 aromatic carbocycles. The molecule has 2 rings (SSSR count). The van der Waals surface area contributed by atoms with Crippen LogP contribution >= 0.6 is 0 Å². The van der Waals surface area contributed by atoms with Crippen LogP contribution in [0.4, 0.5) is 18.0 Å². The van der Waals surface area contributed by atoms with Crippen molar-refractivity contribution in [2.45, 2.75) is 19.6 Å². The molecule has 0 spiro atoms. The molecule has 1 aliphatic rings. The maximum atomic E-state index is 12.1. The van der Waals surface area contributed by atoms with Crippen LogP contribution in [0.3, 0.4) is 0 Å². The van der Waals surface area contributed by atoms with Crippen molar-refractivity contribution in [1.82, 2.24) is 20.1 Å². The Hall–Kier alpha value is -2.72. The van der Waals surface area contributed by atoms with Gasteiger partial charge in [0.2, 0.25) is 5.88 Å². The molecule has 156 valence electrons. The first-order valence-electron chi connectivity index (χ1n) is 8.84. The number of carbonyl (C=O) groups excluding carboxylic acids is 1. The van der Waals surface area contributed by atoms with Gasteiger partial charge in [-0.2, -0.15) is 13.2 Å². The molecule has 28 heavy (non-hydrogen) atoms. The molecule has 0 saturated carbocycles. The Kier molecular flexibility index (Phi) is 7.70. The second kappa shape index (κ2) is 10.00. The lowest BCUT2D eigenvalue weighted by Gasteiger charge is -2.35. The smallest absolute Gasteiger partial charge is 0.422 e. The summed E-state index contributed by atoms with van der Waals surface area (Å²) in [7, 11) is 1.66. The Morgan fingerprint density at radius 3 is 2.46 bits per heavy atom. The Labute approximate surface area is 161 Å². The van der Waals surface area contributed by atoms with E-state index in [9.17, 15) is 18.0 Å². The maximum Gasteiger partial charge on any atom is 0.422 e. The lowest BCUT2D eigenvalue weighted by Crippen LogP contribution is -2.53. The van der Waals surface area contributed by atoms with E-state index in [0.717, 1.165) is 5.56 Å². The highest BCUT2D eigenvalue weighted by atomic mass is 19.4. The minimum absolute atomic E-state index is 0.0828. The monoisotopic (exact) mass is 403 g/mol. The molecule has 1 amide bonds. The topological polar surface area (TPSA) is 79.3 Å². The van der Waals surface area contributed by atoms with Crippen LogP contribution in [0.25, 0.3) is 0 Å². The Balaban J connectivity index is 1.80. The summed E-state index contributed by atoms with van der Waals surface area (Å²) in [5, 5.41) is 3.18. The molecular formula is C17H24F3N5O3. The first-order chi connectivity index (χ1) is 13.3. The van der Waals surface area contributed by atoms with Gasteiger partial charge in [-0.3, -0.25) is 4.99 Å². The molecule has 0 aliphatic carbocycles. The molecule has 8 nitrogen and oxygen atoms in total. The highest BCUT2D eigenvalue weighted by Gasteiger charge is 2.28. The quantitative estimate of drug-likeness (QED) is 0.597. The summed E-state index contributed by atoms with van der Waals surface area (Å²) < 4.78 is 46.0. The number of nitrogens with zero attached hydrogens (tertiary/aromatic N) is 4. The van der Waals surface area contributed by atoms with Gasteiger partial charge in [-0.1, -0.05) is 6.07 Å². The van der Waals surface area contributed by atoms with Crippen LogP contribution in [-0.2, 0) is 11.3 Å². The summed E-state index contributed by atoms with van der Waals surface area (Å²) in [5.74, 6) is 0.585. The number of pyridine rings is 1. The van der Waals surface area contributed by atoms with E-state index < -0.39 is 12.8 Å². The van der Waals surface area contributed by atoms with E-state index in [-0.39, 0.29) is 12.0 Å². The Morgan fingerprint density at radius 2 is 1.93 bits per heavy atom. The van der Waals surface area contributed by atoms with Crippen LogP contribution in [0.15, 0.2) is 23.3 Å². The average Bonchev–Trinajstić information content (AvgIpc) is 2.68. The highest BCUT2D eigenvalue weighted by Crippen LogP contribution is 2.17. The zero-order valence-corrected chi connectivity index (χ0v) is 15.8. The number of carbonyl (C=O) groups is 1. The van der Waals surface area contributed by atoms with Gasteiger partial charge in [-0.05, 0) is 12.5 Å². The molecule has 1 aromatic heterocycles. The lowest BCUT2D eigenvalue weighted by molar-refractivity contribution is -0.154. The fourth-order valence-corrected chi connectivity index (χ4v) is 2.59. The number of nitrogens with one attached hydrogen (secondary N) is 1. The molecule has 0 radical (unpaired) electrons. The van der Waals surface area contributed by atoms with Crippen LogP contribution in [-0.4, -0.2) is 79.5 Å². The van der Waals surface area contributed by atoms with Gasteiger partial charge in [0.1, 0.15) is 0 Å². The number of halogens is 3. The van der Waals surface area contributed by atoms with Crippen molar-refractivity contribution in [3.05, 3.63) is 23.9 Å². The van der Waals surface area contributed by atoms with Crippen molar-refractivity contribution in [3.63, 3.8) is 0 Å². The molecule has 0 bridgehead atoms. The first kappa shape index (κ1) is 21.6. The SMILES string of the molecule is CCOC(=O)N1CCN(C(=NC)NCc2ccc(OCC(F)(F)F)nc2)CC1. The van der Waals surface area contributed by atoms with E-state index in [1.54, 1.807) is 24.9 Å². The van der Waals surface area contributed by atoms with Crippen LogP contribution in [0.5, 0.6) is 5.88 Å². The number of aliphatic imine (C=N–C) groups is 1. The number of hydrogen-bond acceptors (Lipinski definition) is 5. The van der Waals surface area contributed by atoms with Crippen molar-refractivity contribution in [2.24, 2.45) is 4.99 Å². The van der Waals surface area contributed by atoms with Gasteiger partial charge in [0.05, 0.1) is 6.61 Å². The zero-order valence-electron chi connectivity index (χ0n) is 15.8. The second-order valence-electron chi connectivity index (χ2n) is 5.98. The van der Waals surface area contributed by atoms with E-state index in [2.05, 4.69) is 20.0 Å². The van der Waals surface area contributed by atoms with E-state index in [1.165, 1.54) is 12.3 Å². The van der Waals surface area contributed by atoms with Crippen LogP contribution in [0.2, 0.25) is 0 Å². The number of guanidine groups is 1. The van der Waals surface area contributed by atoms with Crippen molar-refractivity contribution in [3.8, 4) is 5.88 Å². The molecular weight excluding hydrogens is 379 g/mol. The van der Waals surface area contributed by atoms with Crippen molar-refractivity contribution < 1.29 is 27.4 Å². The fourth-order valence-electron chi connectivity index (χ4n) is 2.59. The maximum absolute atomic E-state index is 12.1. The van der Waals surface area contributed by atoms with Crippen molar-refractivity contribution in [1.29, 1.82) is 0 Å². The lowest BCUT2D eigenvalue weighted by atomic mass is 10.3. The third kappa shape index (κ3) is 6.78. The van der Waals surface area contributed by atoms with Crippen LogP contribution in [0, 0.1) is 0 Å². The molecule has 1 fully saturated rings. The minimum Gasteiger partial charge on any atom is -0.468 e. The van der Waals surface area contributed by atoms with Crippen molar-refractivity contribution in [2.75, 3.05) is 46.4 Å². The molecule has 0 atom stereocenters. The average molecular weight is 403 g/mol. The summed E-state index contributed by atoms with van der Waals surface area (Å²) in [6.45, 7) is 3.43. The standard InChI is InChI=1S/C17H24F3N5O3/c1-3-27-16(26)25-8-6-24(7-9-25)15(21-2)23-11-13-4-5-14(22-10-13)28-12-17(18,19)20/h4-5,10H,3,6-9,11-12H2,1-2H3,(H,21,23). The number of amides is 1. The summed E-state index contributed by atoms with van der Waals surface area (Å²) >= 11 is 0. The molecule has 1 N–H and O–H groups in total. The van der Waals surface area contributed by atoms with Crippen LogP contribution < -0.4 is 10.1 Å². The molecule has 1 aromatic rings. The largest absolute Gasteiger partial charge is 0.468 e. The summed E-state index contributed by atoms with van der Waals surface area (Å²) in [5.41, 5.74) is 0.769. The highest BCUT2D eigenvalue weighted by molar-refractivity contribution is 5.80. The Morgan fingerprint density at radius 1 is 1.25 bits per heavy atom. The molecule has 11 heteroatoms. The third-order valence-corrected chi connectivity index (χ3v) is 3.95. The van der Waals surface area contributed by atoms with E-state index >= 15 is 0 Å². The van der Waals surface area contributed by atoms with Gasteiger partial charge in [0, 0.05) is 52.0 Å². The molecule has 0 unspecified atom stereocenters. The molecule has 1 saturated heterocycles. The van der Waals surface area contributed by atoms with Gasteiger partial charge in [-0.25, -0.2) is 9.78 Å². The van der Waals surface area contributed by atoms with Gasteiger partial charge in [0.25, 0.3) is 0 Å². The predicted molar refractivity (Wildman–Crippen MR) is 96.2 cm³/mol. The number of aromatic nitrogens is 1. The summed E-state index contributed by atoms with van der Waals surface area (Å²) in [4.78, 5) is 23.5. The van der Waals surface area contributed by atoms with Crippen LogP contribution in [0.1, 0.15) is 12.5 Å².